The van der Waals surface area contributed by atoms with Crippen LogP contribution in [0.3, 0.4) is 0 Å². The summed E-state index contributed by atoms with van der Waals surface area (Å²) in [5.41, 5.74) is 1.56. The smallest absolute Gasteiger partial charge is 0.222 e. The maximum absolute atomic E-state index is 6.13. The zero-order valence-electron chi connectivity index (χ0n) is 13.7. The highest BCUT2D eigenvalue weighted by molar-refractivity contribution is 5.22. The number of rotatable bonds is 3. The summed E-state index contributed by atoms with van der Waals surface area (Å²) >= 11 is 0. The van der Waals surface area contributed by atoms with E-state index in [0.717, 1.165) is 50.9 Å². The first-order valence-corrected chi connectivity index (χ1v) is 8.93. The molecular weight excluding hydrogens is 304 g/mol. The molecule has 3 heterocycles. The molecule has 1 spiro atoms. The summed E-state index contributed by atoms with van der Waals surface area (Å²) in [4.78, 5) is 0. The van der Waals surface area contributed by atoms with Gasteiger partial charge in [0.1, 0.15) is 0 Å². The predicted octanol–water partition coefficient (Wildman–Crippen LogP) is 3.60. The summed E-state index contributed by atoms with van der Waals surface area (Å²) < 4.78 is 17.6. The SMILES string of the molecule is c1ccc([C@H]2OCC[C@@H]2c2nnc(C3CC34CCOCC4)o2)cc1. The highest BCUT2D eigenvalue weighted by Gasteiger charge is 2.57. The van der Waals surface area contributed by atoms with Crippen LogP contribution in [0.2, 0.25) is 0 Å². The third-order valence-corrected chi connectivity index (χ3v) is 5.97. The largest absolute Gasteiger partial charge is 0.425 e. The van der Waals surface area contributed by atoms with Crippen molar-refractivity contribution in [1.82, 2.24) is 10.2 Å². The van der Waals surface area contributed by atoms with Crippen molar-refractivity contribution in [1.29, 1.82) is 0 Å². The molecule has 3 aliphatic rings. The molecule has 0 amide bonds. The summed E-state index contributed by atoms with van der Waals surface area (Å²) in [5, 5.41) is 8.77. The van der Waals surface area contributed by atoms with Gasteiger partial charge in [0.05, 0.1) is 12.0 Å². The van der Waals surface area contributed by atoms with Gasteiger partial charge in [-0.15, -0.1) is 10.2 Å². The van der Waals surface area contributed by atoms with Crippen LogP contribution in [0, 0.1) is 5.41 Å². The van der Waals surface area contributed by atoms with Crippen molar-refractivity contribution in [2.75, 3.05) is 19.8 Å². The van der Waals surface area contributed by atoms with E-state index >= 15 is 0 Å². The lowest BCUT2D eigenvalue weighted by atomic mass is 9.94. The first-order valence-electron chi connectivity index (χ1n) is 8.93. The summed E-state index contributed by atoms with van der Waals surface area (Å²) in [5.74, 6) is 2.16. The average Bonchev–Trinajstić information content (AvgIpc) is 3.03. The van der Waals surface area contributed by atoms with Gasteiger partial charge in [-0.2, -0.15) is 0 Å². The highest BCUT2D eigenvalue weighted by atomic mass is 16.5. The van der Waals surface area contributed by atoms with Gasteiger partial charge in [-0.1, -0.05) is 30.3 Å². The molecule has 0 radical (unpaired) electrons. The molecule has 1 aliphatic carbocycles. The van der Waals surface area contributed by atoms with Crippen molar-refractivity contribution < 1.29 is 13.9 Å². The van der Waals surface area contributed by atoms with Gasteiger partial charge in [0.25, 0.3) is 0 Å². The molecule has 5 rings (SSSR count). The minimum Gasteiger partial charge on any atom is -0.425 e. The Bertz CT molecular complexity index is 708. The van der Waals surface area contributed by atoms with E-state index in [1.807, 2.05) is 18.2 Å². The van der Waals surface area contributed by atoms with E-state index in [1.165, 1.54) is 12.0 Å². The number of benzene rings is 1. The molecule has 2 saturated heterocycles. The van der Waals surface area contributed by atoms with Crippen LogP contribution in [-0.4, -0.2) is 30.0 Å². The molecule has 1 unspecified atom stereocenters. The van der Waals surface area contributed by atoms with Crippen molar-refractivity contribution >= 4 is 0 Å². The number of ether oxygens (including phenoxy) is 2. The first-order chi connectivity index (χ1) is 11.9. The van der Waals surface area contributed by atoms with E-state index < -0.39 is 0 Å². The van der Waals surface area contributed by atoms with E-state index in [2.05, 4.69) is 22.3 Å². The molecule has 0 bridgehead atoms. The maximum atomic E-state index is 6.13. The van der Waals surface area contributed by atoms with Crippen LogP contribution in [-0.2, 0) is 9.47 Å². The minimum atomic E-state index is 0.0238. The molecular formula is C19H22N2O3. The number of hydrogen-bond donors (Lipinski definition) is 0. The van der Waals surface area contributed by atoms with Crippen molar-refractivity contribution in [2.45, 2.75) is 43.6 Å². The second-order valence-corrected chi connectivity index (χ2v) is 7.31. The van der Waals surface area contributed by atoms with Crippen LogP contribution in [0.15, 0.2) is 34.7 Å². The Kier molecular flexibility index (Phi) is 3.45. The van der Waals surface area contributed by atoms with Gasteiger partial charge in [-0.3, -0.25) is 0 Å². The Labute approximate surface area is 141 Å². The molecule has 24 heavy (non-hydrogen) atoms. The van der Waals surface area contributed by atoms with Crippen LogP contribution in [0.4, 0.5) is 0 Å². The Hall–Kier alpha value is -1.72. The molecule has 1 aromatic carbocycles. The number of nitrogens with zero attached hydrogens (tertiary/aromatic N) is 2. The van der Waals surface area contributed by atoms with Gasteiger partial charge < -0.3 is 13.9 Å². The second-order valence-electron chi connectivity index (χ2n) is 7.31. The Balaban J connectivity index is 1.36. The quantitative estimate of drug-likeness (QED) is 0.862. The molecule has 3 atom stereocenters. The van der Waals surface area contributed by atoms with Crippen molar-refractivity contribution in [3.8, 4) is 0 Å². The molecule has 2 aromatic rings. The topological polar surface area (TPSA) is 57.4 Å². The van der Waals surface area contributed by atoms with Gasteiger partial charge in [0, 0.05) is 25.7 Å². The fraction of sp³-hybridized carbons (Fsp3) is 0.579. The summed E-state index contributed by atoms with van der Waals surface area (Å²) in [6.45, 7) is 2.47. The van der Waals surface area contributed by atoms with E-state index in [9.17, 15) is 0 Å². The highest BCUT2D eigenvalue weighted by Crippen LogP contribution is 2.64. The Morgan fingerprint density at radius 1 is 0.958 bits per heavy atom. The first kappa shape index (κ1) is 14.6. The minimum absolute atomic E-state index is 0.0238. The zero-order chi connectivity index (χ0) is 16.0. The fourth-order valence-electron chi connectivity index (χ4n) is 4.38. The van der Waals surface area contributed by atoms with E-state index in [0.29, 0.717) is 11.3 Å². The third-order valence-electron chi connectivity index (χ3n) is 5.97. The van der Waals surface area contributed by atoms with E-state index in [4.69, 9.17) is 13.9 Å². The molecule has 1 saturated carbocycles. The molecule has 0 N–H and O–H groups in total. The second kappa shape index (κ2) is 5.67. The van der Waals surface area contributed by atoms with Crippen LogP contribution in [0.1, 0.15) is 61.0 Å². The standard InChI is InChI=1S/C19H22N2O3/c1-2-4-13(5-3-1)16-14(6-9-23-16)17-20-21-18(24-17)15-12-19(15)7-10-22-11-8-19/h1-5,14-16H,6-12H2/t14-,15?,16+/m0/s1. The van der Waals surface area contributed by atoms with E-state index in [1.54, 1.807) is 0 Å². The van der Waals surface area contributed by atoms with Gasteiger partial charge >= 0.3 is 0 Å². The fourth-order valence-corrected chi connectivity index (χ4v) is 4.38. The zero-order valence-corrected chi connectivity index (χ0v) is 13.7. The predicted molar refractivity (Wildman–Crippen MR) is 86.6 cm³/mol. The summed E-state index contributed by atoms with van der Waals surface area (Å²) in [6.07, 6.45) is 4.37. The number of hydrogen-bond acceptors (Lipinski definition) is 5. The lowest BCUT2D eigenvalue weighted by Crippen LogP contribution is -2.18. The van der Waals surface area contributed by atoms with Crippen LogP contribution in [0.25, 0.3) is 0 Å². The lowest BCUT2D eigenvalue weighted by Gasteiger charge is -2.21. The summed E-state index contributed by atoms with van der Waals surface area (Å²) in [6, 6.07) is 10.3. The lowest BCUT2D eigenvalue weighted by molar-refractivity contribution is 0.0545. The Morgan fingerprint density at radius 3 is 2.58 bits per heavy atom. The Morgan fingerprint density at radius 2 is 1.75 bits per heavy atom. The average molecular weight is 326 g/mol. The summed E-state index contributed by atoms with van der Waals surface area (Å²) in [7, 11) is 0. The number of aromatic nitrogens is 2. The molecule has 1 aromatic heterocycles. The van der Waals surface area contributed by atoms with Crippen LogP contribution < -0.4 is 0 Å². The van der Waals surface area contributed by atoms with Crippen molar-refractivity contribution in [3.63, 3.8) is 0 Å². The van der Waals surface area contributed by atoms with Crippen molar-refractivity contribution in [2.24, 2.45) is 5.41 Å². The monoisotopic (exact) mass is 326 g/mol. The molecule has 126 valence electrons. The van der Waals surface area contributed by atoms with Crippen molar-refractivity contribution in [3.05, 3.63) is 47.7 Å². The van der Waals surface area contributed by atoms with Crippen LogP contribution in [0.5, 0.6) is 0 Å². The molecule has 5 heteroatoms. The van der Waals surface area contributed by atoms with Gasteiger partial charge in [-0.25, -0.2) is 0 Å². The maximum Gasteiger partial charge on any atom is 0.222 e. The normalized spacial score (nSPS) is 31.4. The molecule has 5 nitrogen and oxygen atoms in total. The van der Waals surface area contributed by atoms with E-state index in [-0.39, 0.29) is 12.0 Å². The molecule has 3 fully saturated rings. The van der Waals surface area contributed by atoms with Crippen LogP contribution >= 0.6 is 0 Å². The van der Waals surface area contributed by atoms with Gasteiger partial charge in [0.2, 0.25) is 11.8 Å². The third kappa shape index (κ3) is 2.38. The molecule has 2 aliphatic heterocycles. The van der Waals surface area contributed by atoms with Gasteiger partial charge in [-0.05, 0) is 36.7 Å². The van der Waals surface area contributed by atoms with Gasteiger partial charge in [0.15, 0.2) is 0 Å².